The number of amides is 1. The highest BCUT2D eigenvalue weighted by Gasteiger charge is 2.16. The molecule has 0 radical (unpaired) electrons. The summed E-state index contributed by atoms with van der Waals surface area (Å²) in [4.78, 5) is 12.8. The summed E-state index contributed by atoms with van der Waals surface area (Å²) in [5, 5.41) is 2.89. The average Bonchev–Trinajstić information content (AvgIpc) is 2.62. The molecule has 29 heavy (non-hydrogen) atoms. The van der Waals surface area contributed by atoms with Gasteiger partial charge in [0.05, 0.1) is 10.6 Å². The van der Waals surface area contributed by atoms with Crippen molar-refractivity contribution in [2.24, 2.45) is 0 Å². The number of nitrogens with one attached hydrogen (secondary N) is 2. The molecule has 0 spiro atoms. The van der Waals surface area contributed by atoms with E-state index in [9.17, 15) is 13.2 Å². The molecular formula is C23H24N2O3S. The third-order valence-corrected chi connectivity index (χ3v) is 5.93. The molecule has 0 atom stereocenters. The molecule has 3 rings (SSSR count). The van der Waals surface area contributed by atoms with Crippen LogP contribution in [0.4, 0.5) is 11.4 Å². The summed E-state index contributed by atoms with van der Waals surface area (Å²) >= 11 is 0. The van der Waals surface area contributed by atoms with Gasteiger partial charge in [-0.05, 0) is 86.8 Å². The number of hydrogen-bond acceptors (Lipinski definition) is 3. The maximum absolute atomic E-state index is 12.6. The molecule has 2 N–H and O–H groups in total. The second-order valence-corrected chi connectivity index (χ2v) is 8.96. The Balaban J connectivity index is 1.79. The number of aryl methyl sites for hydroxylation is 4. The Hall–Kier alpha value is -3.12. The number of carbonyl (C=O) groups excluding carboxylic acids is 1. The third kappa shape index (κ3) is 5.03. The Kier molecular flexibility index (Phi) is 5.75. The zero-order valence-corrected chi connectivity index (χ0v) is 17.7. The largest absolute Gasteiger partial charge is 0.322 e. The molecule has 0 aliphatic rings. The molecule has 3 aromatic rings. The van der Waals surface area contributed by atoms with Gasteiger partial charge in [0.2, 0.25) is 0 Å². The van der Waals surface area contributed by atoms with Crippen molar-refractivity contribution in [3.05, 3.63) is 88.5 Å². The highest BCUT2D eigenvalue weighted by Crippen LogP contribution is 2.22. The number of carbonyl (C=O) groups is 1. The zero-order valence-electron chi connectivity index (χ0n) is 16.9. The highest BCUT2D eigenvalue weighted by atomic mass is 32.2. The van der Waals surface area contributed by atoms with Gasteiger partial charge in [-0.1, -0.05) is 23.8 Å². The summed E-state index contributed by atoms with van der Waals surface area (Å²) < 4.78 is 27.8. The lowest BCUT2D eigenvalue weighted by atomic mass is 10.1. The van der Waals surface area contributed by atoms with Gasteiger partial charge in [0.25, 0.3) is 15.9 Å². The molecule has 0 saturated heterocycles. The molecule has 6 heteroatoms. The summed E-state index contributed by atoms with van der Waals surface area (Å²) in [5.74, 6) is -0.244. The van der Waals surface area contributed by atoms with E-state index in [0.717, 1.165) is 22.4 Å². The van der Waals surface area contributed by atoms with E-state index < -0.39 is 10.0 Å². The fraction of sp³-hybridized carbons (Fsp3) is 0.174. The van der Waals surface area contributed by atoms with E-state index in [1.165, 1.54) is 0 Å². The molecule has 3 aromatic carbocycles. The van der Waals surface area contributed by atoms with Crippen LogP contribution in [0.25, 0.3) is 0 Å². The molecule has 0 heterocycles. The lowest BCUT2D eigenvalue weighted by Crippen LogP contribution is -2.15. The number of rotatable bonds is 5. The quantitative estimate of drug-likeness (QED) is 0.626. The Morgan fingerprint density at radius 2 is 1.38 bits per heavy atom. The minimum atomic E-state index is -3.69. The molecule has 150 valence electrons. The zero-order chi connectivity index (χ0) is 21.2. The molecule has 0 unspecified atom stereocenters. The number of hydrogen-bond donors (Lipinski definition) is 2. The Bertz CT molecular complexity index is 1150. The van der Waals surface area contributed by atoms with Crippen LogP contribution in [0, 0.1) is 27.7 Å². The topological polar surface area (TPSA) is 75.3 Å². The third-order valence-electron chi connectivity index (χ3n) is 4.54. The monoisotopic (exact) mass is 408 g/mol. The first kappa shape index (κ1) is 20.6. The van der Waals surface area contributed by atoms with Crippen molar-refractivity contribution in [3.8, 4) is 0 Å². The highest BCUT2D eigenvalue weighted by molar-refractivity contribution is 7.92. The van der Waals surface area contributed by atoms with Gasteiger partial charge >= 0.3 is 0 Å². The summed E-state index contributed by atoms with van der Waals surface area (Å²) in [6.07, 6.45) is 0. The van der Waals surface area contributed by atoms with Gasteiger partial charge in [-0.15, -0.1) is 0 Å². The van der Waals surface area contributed by atoms with Crippen LogP contribution >= 0.6 is 0 Å². The molecular weight excluding hydrogens is 384 g/mol. The first-order valence-electron chi connectivity index (χ1n) is 9.24. The van der Waals surface area contributed by atoms with E-state index in [2.05, 4.69) is 10.0 Å². The van der Waals surface area contributed by atoms with Crippen molar-refractivity contribution < 1.29 is 13.2 Å². The second kappa shape index (κ2) is 8.09. The first-order valence-corrected chi connectivity index (χ1v) is 10.7. The fourth-order valence-corrected chi connectivity index (χ4v) is 4.22. The van der Waals surface area contributed by atoms with Gasteiger partial charge < -0.3 is 5.32 Å². The van der Waals surface area contributed by atoms with E-state index in [1.807, 2.05) is 39.0 Å². The SMILES string of the molecule is Cc1ccc(S(=O)(=O)Nc2ccc(C(=O)Nc3cc(C)cc(C)c3)cc2C)cc1. The molecule has 0 saturated carbocycles. The van der Waals surface area contributed by atoms with Gasteiger partial charge in [0, 0.05) is 11.3 Å². The Morgan fingerprint density at radius 3 is 1.97 bits per heavy atom. The molecule has 1 amide bonds. The molecule has 5 nitrogen and oxygen atoms in total. The normalized spacial score (nSPS) is 11.2. The number of anilines is 2. The molecule has 0 bridgehead atoms. The summed E-state index contributed by atoms with van der Waals surface area (Å²) in [6, 6.07) is 17.4. The summed E-state index contributed by atoms with van der Waals surface area (Å²) in [5.41, 5.74) is 5.41. The van der Waals surface area contributed by atoms with Crippen LogP contribution in [0.3, 0.4) is 0 Å². The van der Waals surface area contributed by atoms with Crippen LogP contribution in [0.5, 0.6) is 0 Å². The van der Waals surface area contributed by atoms with Gasteiger partial charge in [-0.25, -0.2) is 8.42 Å². The van der Waals surface area contributed by atoms with Crippen LogP contribution < -0.4 is 10.0 Å². The van der Waals surface area contributed by atoms with Crippen LogP contribution in [0.15, 0.2) is 65.6 Å². The predicted octanol–water partition coefficient (Wildman–Crippen LogP) is 4.97. The van der Waals surface area contributed by atoms with Gasteiger partial charge in [0.15, 0.2) is 0 Å². The van der Waals surface area contributed by atoms with E-state index in [4.69, 9.17) is 0 Å². The van der Waals surface area contributed by atoms with Crippen LogP contribution in [0.1, 0.15) is 32.6 Å². The van der Waals surface area contributed by atoms with Crippen LogP contribution in [-0.4, -0.2) is 14.3 Å². The van der Waals surface area contributed by atoms with Crippen LogP contribution in [-0.2, 0) is 10.0 Å². The Morgan fingerprint density at radius 1 is 0.759 bits per heavy atom. The van der Waals surface area contributed by atoms with E-state index in [-0.39, 0.29) is 10.8 Å². The van der Waals surface area contributed by atoms with E-state index in [1.54, 1.807) is 49.4 Å². The van der Waals surface area contributed by atoms with Crippen molar-refractivity contribution in [1.82, 2.24) is 0 Å². The molecule has 0 aliphatic heterocycles. The van der Waals surface area contributed by atoms with E-state index in [0.29, 0.717) is 16.8 Å². The second-order valence-electron chi connectivity index (χ2n) is 7.28. The number of benzene rings is 3. The average molecular weight is 409 g/mol. The van der Waals surface area contributed by atoms with Crippen LogP contribution in [0.2, 0.25) is 0 Å². The van der Waals surface area contributed by atoms with E-state index >= 15 is 0 Å². The van der Waals surface area contributed by atoms with Crippen molar-refractivity contribution >= 4 is 27.3 Å². The standard InChI is InChI=1S/C23H24N2O3S/c1-15-5-8-21(9-6-15)29(27,28)25-22-10-7-19(14-18(22)4)23(26)24-20-12-16(2)11-17(3)13-20/h5-14,25H,1-4H3,(H,24,26). The molecule has 0 aliphatic carbocycles. The lowest BCUT2D eigenvalue weighted by Gasteiger charge is -2.13. The van der Waals surface area contributed by atoms with Gasteiger partial charge in [-0.2, -0.15) is 0 Å². The number of sulfonamides is 1. The minimum Gasteiger partial charge on any atom is -0.322 e. The fourth-order valence-electron chi connectivity index (χ4n) is 3.09. The maximum Gasteiger partial charge on any atom is 0.261 e. The Labute approximate surface area is 171 Å². The minimum absolute atomic E-state index is 0.194. The molecule has 0 fully saturated rings. The predicted molar refractivity (Wildman–Crippen MR) is 117 cm³/mol. The van der Waals surface area contributed by atoms with Crippen molar-refractivity contribution in [2.45, 2.75) is 32.6 Å². The summed E-state index contributed by atoms with van der Waals surface area (Å²) in [6.45, 7) is 7.61. The molecule has 0 aromatic heterocycles. The maximum atomic E-state index is 12.6. The van der Waals surface area contributed by atoms with Gasteiger partial charge in [0.1, 0.15) is 0 Å². The van der Waals surface area contributed by atoms with Crippen molar-refractivity contribution in [2.75, 3.05) is 10.0 Å². The first-order chi connectivity index (χ1) is 13.6. The smallest absolute Gasteiger partial charge is 0.261 e. The van der Waals surface area contributed by atoms with Crippen molar-refractivity contribution in [3.63, 3.8) is 0 Å². The van der Waals surface area contributed by atoms with Gasteiger partial charge in [-0.3, -0.25) is 9.52 Å². The van der Waals surface area contributed by atoms with Crippen molar-refractivity contribution in [1.29, 1.82) is 0 Å². The summed E-state index contributed by atoms with van der Waals surface area (Å²) in [7, 11) is -3.69. The lowest BCUT2D eigenvalue weighted by molar-refractivity contribution is 0.102.